The summed E-state index contributed by atoms with van der Waals surface area (Å²) in [5.41, 5.74) is 0. The van der Waals surface area contributed by atoms with E-state index in [-0.39, 0.29) is 0 Å². The van der Waals surface area contributed by atoms with Crippen LogP contribution in [0.2, 0.25) is 89.6 Å². The Morgan fingerprint density at radius 2 is 0.703 bits per heavy atom. The predicted octanol–water partition coefficient (Wildman–Crippen LogP) is 5.32. The van der Waals surface area contributed by atoms with Gasteiger partial charge in [-0.2, -0.15) is 0 Å². The van der Waals surface area contributed by atoms with Crippen LogP contribution in [0.4, 0.5) is 0 Å². The van der Waals surface area contributed by atoms with E-state index in [4.69, 9.17) is 43.0 Å². The van der Waals surface area contributed by atoms with Crippen LogP contribution >= 0.6 is 0 Å². The lowest BCUT2D eigenvalue weighted by Crippen LogP contribution is -2.60. The van der Waals surface area contributed by atoms with E-state index < -0.39 is 59.9 Å². The van der Waals surface area contributed by atoms with Crippen molar-refractivity contribution >= 4 is 59.9 Å². The van der Waals surface area contributed by atoms with Crippen LogP contribution < -0.4 is 0 Å². The topological polar surface area (TPSA) is 92.3 Å². The van der Waals surface area contributed by atoms with Crippen LogP contribution in [0.1, 0.15) is 0 Å². The van der Waals surface area contributed by atoms with Crippen LogP contribution in [-0.4, -0.2) is 103 Å². The zero-order valence-corrected chi connectivity index (χ0v) is 33.4. The Morgan fingerprint density at radius 3 is 1.03 bits per heavy atom. The predicted molar refractivity (Wildman–Crippen MR) is 165 cm³/mol. The molecule has 0 fully saturated rings. The lowest BCUT2D eigenvalue weighted by Gasteiger charge is -2.44. The van der Waals surface area contributed by atoms with Gasteiger partial charge in [-0.25, -0.2) is 0 Å². The van der Waals surface area contributed by atoms with E-state index >= 15 is 0 Å². The highest BCUT2D eigenvalue weighted by molar-refractivity contribution is 6.91. The molecule has 0 aliphatic heterocycles. The van der Waals surface area contributed by atoms with Gasteiger partial charge in [0.2, 0.25) is 0 Å². The second-order valence-electron chi connectivity index (χ2n) is 11.8. The quantitative estimate of drug-likeness (QED) is 0.161. The number of rotatable bonds is 20. The molecule has 0 heterocycles. The summed E-state index contributed by atoms with van der Waals surface area (Å²) in [6.07, 6.45) is 0. The summed E-state index contributed by atoms with van der Waals surface area (Å²) in [7, 11) is -7.57. The molecule has 0 aliphatic rings. The zero-order chi connectivity index (χ0) is 29.4. The van der Waals surface area contributed by atoms with Crippen LogP contribution in [0, 0.1) is 0 Å². The Morgan fingerprint density at radius 1 is 0.378 bits per heavy atom. The maximum absolute atomic E-state index is 6.96. The summed E-state index contributed by atoms with van der Waals surface area (Å²) < 4.78 is 61.2. The third kappa shape index (κ3) is 14.0. The average molecular weight is 653 g/mol. The van der Waals surface area contributed by atoms with Gasteiger partial charge in [-0.1, -0.05) is 0 Å². The molecule has 224 valence electrons. The first-order chi connectivity index (χ1) is 16.6. The molecule has 0 amide bonds. The minimum Gasteiger partial charge on any atom is -0.437 e. The molecular formula is C20H56O10Si7. The van der Waals surface area contributed by atoms with Gasteiger partial charge in [0.05, 0.1) is 0 Å². The van der Waals surface area contributed by atoms with Crippen molar-refractivity contribution in [1.29, 1.82) is 0 Å². The molecule has 0 bridgehead atoms. The van der Waals surface area contributed by atoms with Gasteiger partial charge in [0.1, 0.15) is 0 Å². The molecule has 0 N–H and O–H groups in total. The maximum Gasteiger partial charge on any atom is 0.500 e. The molecule has 1 unspecified atom stereocenters. The smallest absolute Gasteiger partial charge is 0.437 e. The van der Waals surface area contributed by atoms with Crippen molar-refractivity contribution in [3.8, 4) is 0 Å². The Labute approximate surface area is 234 Å². The number of hydrogen-bond donors (Lipinski definition) is 0. The second kappa shape index (κ2) is 14.8. The molecule has 10 nitrogen and oxygen atoms in total. The first kappa shape index (κ1) is 38.1. The van der Waals surface area contributed by atoms with E-state index in [2.05, 4.69) is 65.5 Å². The van der Waals surface area contributed by atoms with E-state index in [1.807, 2.05) is 0 Å². The van der Waals surface area contributed by atoms with Crippen LogP contribution in [0.3, 0.4) is 0 Å². The van der Waals surface area contributed by atoms with Crippen molar-refractivity contribution < 1.29 is 43.0 Å². The van der Waals surface area contributed by atoms with Crippen LogP contribution in [-0.2, 0) is 43.0 Å². The Balaban J connectivity index is 5.89. The Hall–Kier alpha value is 1.12. The summed E-state index contributed by atoms with van der Waals surface area (Å²) in [5.74, 6) is 0. The normalized spacial score (nSPS) is 16.2. The monoisotopic (exact) mass is 652 g/mol. The molecule has 0 saturated carbocycles. The minimum absolute atomic E-state index is 0.589. The molecule has 0 saturated heterocycles. The average Bonchev–Trinajstić information content (AvgIpc) is 2.73. The highest BCUT2D eigenvalue weighted by Gasteiger charge is 2.51. The van der Waals surface area contributed by atoms with Crippen molar-refractivity contribution in [3.05, 3.63) is 0 Å². The van der Waals surface area contributed by atoms with Gasteiger partial charge in [0, 0.05) is 54.7 Å². The van der Waals surface area contributed by atoms with E-state index in [0.717, 1.165) is 6.04 Å². The molecular weight excluding hydrogens is 597 g/mol. The summed E-state index contributed by atoms with van der Waals surface area (Å²) in [5, 5.41) is 0. The first-order valence-corrected chi connectivity index (χ1v) is 31.3. The molecule has 0 aliphatic carbocycles. The molecule has 17 heteroatoms. The zero-order valence-electron chi connectivity index (χ0n) is 26.4. The highest BCUT2D eigenvalue weighted by Crippen LogP contribution is 2.33. The van der Waals surface area contributed by atoms with E-state index in [1.54, 1.807) is 42.7 Å². The van der Waals surface area contributed by atoms with Crippen molar-refractivity contribution in [3.63, 3.8) is 0 Å². The van der Waals surface area contributed by atoms with Crippen LogP contribution in [0.5, 0.6) is 0 Å². The van der Waals surface area contributed by atoms with Gasteiger partial charge < -0.3 is 43.0 Å². The van der Waals surface area contributed by atoms with E-state index in [1.165, 1.54) is 0 Å². The summed E-state index contributed by atoms with van der Waals surface area (Å²) in [4.78, 5) is 0. The highest BCUT2D eigenvalue weighted by atomic mass is 28.5. The molecule has 0 aromatic carbocycles. The second-order valence-corrected chi connectivity index (χ2v) is 37.9. The first-order valence-electron chi connectivity index (χ1n) is 12.7. The molecule has 0 rings (SSSR count). The Bertz CT molecular complexity index is 654. The molecule has 0 spiro atoms. The molecule has 1 atom stereocenters. The van der Waals surface area contributed by atoms with Gasteiger partial charge in [-0.3, -0.25) is 0 Å². The Kier molecular flexibility index (Phi) is 15.3. The standard InChI is InChI=1S/C20H56O10Si7/c1-21-36(22-2,23-3)19-17-32(10,11)28-34(14,15)30-35(16,18-20-37(24-4,25-5)26-6)29-33(12,13)27-31(7,8)9/h17-20H2,1-16H3. The summed E-state index contributed by atoms with van der Waals surface area (Å²) in [6, 6.07) is 2.76. The van der Waals surface area contributed by atoms with Crippen molar-refractivity contribution in [1.82, 2.24) is 0 Å². The fraction of sp³-hybridized carbons (Fsp3) is 1.00. The van der Waals surface area contributed by atoms with Gasteiger partial charge >= 0.3 is 43.3 Å². The molecule has 0 aromatic heterocycles. The fourth-order valence-corrected chi connectivity index (χ4v) is 35.9. The summed E-state index contributed by atoms with van der Waals surface area (Å²) >= 11 is 0. The molecule has 0 radical (unpaired) electrons. The largest absolute Gasteiger partial charge is 0.500 e. The van der Waals surface area contributed by atoms with E-state index in [9.17, 15) is 0 Å². The van der Waals surface area contributed by atoms with E-state index in [0.29, 0.717) is 18.1 Å². The van der Waals surface area contributed by atoms with Crippen molar-refractivity contribution in [2.24, 2.45) is 0 Å². The van der Waals surface area contributed by atoms with Crippen molar-refractivity contribution in [2.45, 2.75) is 89.6 Å². The minimum atomic E-state index is -2.81. The maximum atomic E-state index is 6.96. The third-order valence-electron chi connectivity index (χ3n) is 5.78. The van der Waals surface area contributed by atoms with Gasteiger partial charge in [0.25, 0.3) is 0 Å². The summed E-state index contributed by atoms with van der Waals surface area (Å²) in [6.45, 7) is 21.5. The SMILES string of the molecule is CO[Si](CC[Si](C)(C)O[Si](C)(C)O[Si](C)(CC[Si](OC)(OC)OC)O[Si](C)(C)O[Si](C)(C)C)(OC)OC. The third-order valence-corrected chi connectivity index (χ3v) is 30.8. The van der Waals surface area contributed by atoms with Gasteiger partial charge in [0.15, 0.2) is 16.6 Å². The van der Waals surface area contributed by atoms with Gasteiger partial charge in [-0.05, 0) is 77.6 Å². The van der Waals surface area contributed by atoms with Crippen LogP contribution in [0.15, 0.2) is 0 Å². The van der Waals surface area contributed by atoms with Gasteiger partial charge in [-0.15, -0.1) is 0 Å². The lowest BCUT2D eigenvalue weighted by molar-refractivity contribution is 0.124. The lowest BCUT2D eigenvalue weighted by atomic mass is 10.9. The molecule has 37 heavy (non-hydrogen) atoms. The van der Waals surface area contributed by atoms with Crippen LogP contribution in [0.25, 0.3) is 0 Å². The number of hydrogen-bond acceptors (Lipinski definition) is 10. The fourth-order valence-electron chi connectivity index (χ4n) is 4.60. The van der Waals surface area contributed by atoms with Crippen molar-refractivity contribution in [2.75, 3.05) is 42.7 Å². The molecule has 0 aromatic rings.